The SMILES string of the molecule is NS(=O)(=O)C1CC(=O)N(Cc2ccccc2OC(F)(F)F)C1. The van der Waals surface area contributed by atoms with Crippen molar-refractivity contribution >= 4 is 15.9 Å². The topological polar surface area (TPSA) is 89.7 Å². The molecule has 1 fully saturated rings. The zero-order valence-electron chi connectivity index (χ0n) is 11.2. The molecule has 1 amide bonds. The summed E-state index contributed by atoms with van der Waals surface area (Å²) in [6.07, 6.45) is -5.13. The Hall–Kier alpha value is -1.81. The first kappa shape index (κ1) is 16.6. The first-order valence-corrected chi connectivity index (χ1v) is 7.80. The van der Waals surface area contributed by atoms with Crippen LogP contribution in [0.25, 0.3) is 0 Å². The molecule has 122 valence electrons. The highest BCUT2D eigenvalue weighted by Gasteiger charge is 2.37. The van der Waals surface area contributed by atoms with Crippen LogP contribution in [0, 0.1) is 0 Å². The van der Waals surface area contributed by atoms with Crippen molar-refractivity contribution in [3.05, 3.63) is 29.8 Å². The number of rotatable bonds is 4. The monoisotopic (exact) mass is 338 g/mol. The summed E-state index contributed by atoms with van der Waals surface area (Å²) in [5.41, 5.74) is 0.128. The maximum Gasteiger partial charge on any atom is 0.573 e. The lowest BCUT2D eigenvalue weighted by Crippen LogP contribution is -2.32. The minimum absolute atomic E-state index is 0.128. The molecule has 1 aromatic rings. The van der Waals surface area contributed by atoms with Gasteiger partial charge in [-0.3, -0.25) is 4.79 Å². The van der Waals surface area contributed by atoms with E-state index in [9.17, 15) is 26.4 Å². The van der Waals surface area contributed by atoms with Crippen LogP contribution >= 0.6 is 0 Å². The zero-order valence-corrected chi connectivity index (χ0v) is 12.0. The highest BCUT2D eigenvalue weighted by Crippen LogP contribution is 2.28. The van der Waals surface area contributed by atoms with Crippen molar-refractivity contribution in [2.75, 3.05) is 6.54 Å². The third-order valence-corrected chi connectivity index (χ3v) is 4.45. The van der Waals surface area contributed by atoms with Gasteiger partial charge in [-0.05, 0) is 6.07 Å². The average Bonchev–Trinajstić information content (AvgIpc) is 2.72. The molecular formula is C12H13F3N2O4S. The van der Waals surface area contributed by atoms with E-state index in [2.05, 4.69) is 4.74 Å². The Morgan fingerprint density at radius 2 is 1.95 bits per heavy atom. The molecule has 1 aliphatic heterocycles. The van der Waals surface area contributed by atoms with Crippen LogP contribution in [0.2, 0.25) is 0 Å². The number of nitrogens with zero attached hydrogens (tertiary/aromatic N) is 1. The van der Waals surface area contributed by atoms with Crippen molar-refractivity contribution in [3.8, 4) is 5.75 Å². The number of benzene rings is 1. The summed E-state index contributed by atoms with van der Waals surface area (Å²) < 4.78 is 63.4. The zero-order chi connectivity index (χ0) is 16.5. The van der Waals surface area contributed by atoms with Gasteiger partial charge in [-0.15, -0.1) is 13.2 Å². The Morgan fingerprint density at radius 3 is 2.50 bits per heavy atom. The normalized spacial score (nSPS) is 19.5. The first-order chi connectivity index (χ1) is 10.1. The second-order valence-electron chi connectivity index (χ2n) is 4.84. The summed E-state index contributed by atoms with van der Waals surface area (Å²) in [5.74, 6) is -0.914. The summed E-state index contributed by atoms with van der Waals surface area (Å²) >= 11 is 0. The second-order valence-corrected chi connectivity index (χ2v) is 6.69. The lowest BCUT2D eigenvalue weighted by atomic mass is 10.2. The fraction of sp³-hybridized carbons (Fsp3) is 0.417. The molecule has 1 atom stereocenters. The highest BCUT2D eigenvalue weighted by molar-refractivity contribution is 7.89. The van der Waals surface area contributed by atoms with Crippen LogP contribution in [0.1, 0.15) is 12.0 Å². The van der Waals surface area contributed by atoms with Crippen LogP contribution in [0.4, 0.5) is 13.2 Å². The molecule has 2 rings (SSSR count). The average molecular weight is 338 g/mol. The number of nitrogens with two attached hydrogens (primary N) is 1. The molecule has 2 N–H and O–H groups in total. The summed E-state index contributed by atoms with van der Waals surface area (Å²) in [6, 6.07) is 5.36. The predicted molar refractivity (Wildman–Crippen MR) is 70.1 cm³/mol. The number of ether oxygens (including phenoxy) is 1. The molecule has 1 aliphatic rings. The molecule has 0 radical (unpaired) electrons. The Labute approximate surface area is 124 Å². The number of amides is 1. The molecule has 1 unspecified atom stereocenters. The smallest absolute Gasteiger partial charge is 0.405 e. The van der Waals surface area contributed by atoms with Gasteiger partial charge in [0.15, 0.2) is 0 Å². The Balaban J connectivity index is 2.16. The summed E-state index contributed by atoms with van der Waals surface area (Å²) in [7, 11) is -3.87. The molecule has 1 heterocycles. The quantitative estimate of drug-likeness (QED) is 0.886. The molecule has 0 spiro atoms. The molecule has 1 saturated heterocycles. The van der Waals surface area contributed by atoms with Crippen molar-refractivity contribution in [1.29, 1.82) is 0 Å². The summed E-state index contributed by atoms with van der Waals surface area (Å²) in [5, 5.41) is 3.95. The van der Waals surface area contributed by atoms with Crippen molar-refractivity contribution in [3.63, 3.8) is 0 Å². The van der Waals surface area contributed by atoms with Crippen LogP contribution in [0.3, 0.4) is 0 Å². The van der Waals surface area contributed by atoms with Gasteiger partial charge < -0.3 is 9.64 Å². The molecular weight excluding hydrogens is 325 g/mol. The predicted octanol–water partition coefficient (Wildman–Crippen LogP) is 0.975. The fourth-order valence-corrected chi connectivity index (χ4v) is 2.94. The maximum absolute atomic E-state index is 12.3. The van der Waals surface area contributed by atoms with Gasteiger partial charge >= 0.3 is 6.36 Å². The van der Waals surface area contributed by atoms with Crippen molar-refractivity contribution < 1.29 is 31.1 Å². The van der Waals surface area contributed by atoms with Gasteiger partial charge in [0.05, 0.1) is 0 Å². The lowest BCUT2D eigenvalue weighted by molar-refractivity contribution is -0.275. The van der Waals surface area contributed by atoms with Crippen LogP contribution in [0.15, 0.2) is 24.3 Å². The second kappa shape index (κ2) is 5.76. The number of alkyl halides is 3. The van der Waals surface area contributed by atoms with Crippen LogP contribution in [-0.4, -0.2) is 37.4 Å². The summed E-state index contributed by atoms with van der Waals surface area (Å²) in [6.45, 7) is -0.338. The minimum Gasteiger partial charge on any atom is -0.405 e. The third kappa shape index (κ3) is 4.10. The summed E-state index contributed by atoms with van der Waals surface area (Å²) in [4.78, 5) is 12.9. The number of sulfonamides is 1. The van der Waals surface area contributed by atoms with Gasteiger partial charge in [-0.1, -0.05) is 18.2 Å². The first-order valence-electron chi connectivity index (χ1n) is 6.19. The van der Waals surface area contributed by atoms with E-state index in [1.807, 2.05) is 0 Å². The van der Waals surface area contributed by atoms with E-state index in [0.29, 0.717) is 0 Å². The van der Waals surface area contributed by atoms with E-state index in [4.69, 9.17) is 5.14 Å². The Morgan fingerprint density at radius 1 is 1.32 bits per heavy atom. The molecule has 0 aromatic heterocycles. The molecule has 0 aliphatic carbocycles. The molecule has 0 bridgehead atoms. The Bertz CT molecular complexity index is 675. The molecule has 0 saturated carbocycles. The largest absolute Gasteiger partial charge is 0.573 e. The van der Waals surface area contributed by atoms with E-state index in [0.717, 1.165) is 11.0 Å². The molecule has 6 nitrogen and oxygen atoms in total. The van der Waals surface area contributed by atoms with Crippen LogP contribution in [0.5, 0.6) is 5.75 Å². The van der Waals surface area contributed by atoms with Gasteiger partial charge in [-0.2, -0.15) is 0 Å². The van der Waals surface area contributed by atoms with Gasteiger partial charge in [0.1, 0.15) is 11.0 Å². The number of halogens is 3. The molecule has 22 heavy (non-hydrogen) atoms. The molecule has 10 heteroatoms. The number of carbonyl (C=O) groups is 1. The minimum atomic E-state index is -4.85. The number of hydrogen-bond acceptors (Lipinski definition) is 4. The number of carbonyl (C=O) groups excluding carboxylic acids is 1. The van der Waals surface area contributed by atoms with Gasteiger partial charge in [0, 0.05) is 25.1 Å². The maximum atomic E-state index is 12.3. The van der Waals surface area contributed by atoms with Crippen molar-refractivity contribution in [2.45, 2.75) is 24.6 Å². The van der Waals surface area contributed by atoms with Gasteiger partial charge in [0.2, 0.25) is 15.9 Å². The number of primary sulfonamides is 1. The molecule has 1 aromatic carbocycles. The van der Waals surface area contributed by atoms with Crippen LogP contribution in [-0.2, 0) is 21.4 Å². The number of hydrogen-bond donors (Lipinski definition) is 1. The lowest BCUT2D eigenvalue weighted by Gasteiger charge is -2.19. The van der Waals surface area contributed by atoms with Gasteiger partial charge in [0.25, 0.3) is 0 Å². The fourth-order valence-electron chi connectivity index (χ4n) is 2.17. The van der Waals surface area contributed by atoms with Crippen molar-refractivity contribution in [2.24, 2.45) is 5.14 Å². The van der Waals surface area contributed by atoms with E-state index < -0.39 is 33.3 Å². The standard InChI is InChI=1S/C12H13F3N2O4S/c13-12(14,15)21-10-4-2-1-3-8(10)6-17-7-9(5-11(17)18)22(16,19)20/h1-4,9H,5-7H2,(H2,16,19,20). The third-order valence-electron chi connectivity index (χ3n) is 3.20. The number of likely N-dealkylation sites (tertiary alicyclic amines) is 1. The van der Waals surface area contributed by atoms with E-state index in [-0.39, 0.29) is 25.1 Å². The van der Waals surface area contributed by atoms with E-state index in [1.165, 1.54) is 18.2 Å². The van der Waals surface area contributed by atoms with E-state index in [1.54, 1.807) is 0 Å². The highest BCUT2D eigenvalue weighted by atomic mass is 32.2. The van der Waals surface area contributed by atoms with Crippen LogP contribution < -0.4 is 9.88 Å². The Kier molecular flexibility index (Phi) is 4.34. The number of para-hydroxylation sites is 1. The van der Waals surface area contributed by atoms with Gasteiger partial charge in [-0.25, -0.2) is 13.6 Å². The van der Waals surface area contributed by atoms with Crippen molar-refractivity contribution in [1.82, 2.24) is 4.90 Å². The van der Waals surface area contributed by atoms with E-state index >= 15 is 0 Å².